The molecule has 3 aliphatic rings. The second-order valence-electron chi connectivity index (χ2n) is 14.9. The van der Waals surface area contributed by atoms with Crippen LogP contribution < -0.4 is 4.72 Å². The van der Waals surface area contributed by atoms with Crippen molar-refractivity contribution in [3.05, 3.63) is 94.3 Å². The summed E-state index contributed by atoms with van der Waals surface area (Å²) < 4.78 is 30.9. The third-order valence-corrected chi connectivity index (χ3v) is 13.3. The van der Waals surface area contributed by atoms with E-state index in [2.05, 4.69) is 76.6 Å². The van der Waals surface area contributed by atoms with Crippen LogP contribution in [0, 0.1) is 13.8 Å². The maximum Gasteiger partial charge on any atom is 0.255 e. The number of hydrogen-bond donors (Lipinski definition) is 1. The van der Waals surface area contributed by atoms with E-state index in [9.17, 15) is 13.2 Å². The van der Waals surface area contributed by atoms with Gasteiger partial charge in [0.2, 0.25) is 10.0 Å². The van der Waals surface area contributed by atoms with Gasteiger partial charge in [0, 0.05) is 37.3 Å². The Bertz CT molecular complexity index is 1950. The number of rotatable bonds is 9. The number of piperidine rings is 2. The number of aromatic nitrogens is 2. The van der Waals surface area contributed by atoms with Gasteiger partial charge in [0.05, 0.1) is 26.5 Å². The lowest BCUT2D eigenvalue weighted by Gasteiger charge is -2.46. The number of sulfonamides is 1. The lowest BCUT2D eigenvalue weighted by molar-refractivity contribution is 0.0607. The molecule has 1 unspecified atom stereocenters. The molecule has 3 fully saturated rings. The summed E-state index contributed by atoms with van der Waals surface area (Å²) in [5.74, 6) is 0.896. The quantitative estimate of drug-likeness (QED) is 0.196. The Kier molecular flexibility index (Phi) is 9.41. The lowest BCUT2D eigenvalue weighted by atomic mass is 9.70. The predicted molar refractivity (Wildman–Crippen MR) is 196 cm³/mol. The lowest BCUT2D eigenvalue weighted by Crippen LogP contribution is -2.49. The Hall–Kier alpha value is -3.24. The number of amides is 1. The third-order valence-electron chi connectivity index (χ3n) is 11.4. The number of aryl methyl sites for hydroxylation is 2. The van der Waals surface area contributed by atoms with Gasteiger partial charge in [-0.15, -0.1) is 0 Å². The number of benzene rings is 3. The summed E-state index contributed by atoms with van der Waals surface area (Å²) in [4.78, 5) is 23.5. The van der Waals surface area contributed by atoms with Crippen LogP contribution in [0.4, 0.5) is 0 Å². The zero-order chi connectivity index (χ0) is 34.5. The maximum absolute atomic E-state index is 13.9. The number of fused-ring (bicyclic) bond motifs is 3. The molecule has 4 aromatic rings. The van der Waals surface area contributed by atoms with Crippen LogP contribution in [0.15, 0.2) is 71.6 Å². The molecular formula is C39H48ClN5O3S. The average molecular weight is 702 g/mol. The molecule has 8 nitrogen and oxygen atoms in total. The number of para-hydroxylation sites is 2. The van der Waals surface area contributed by atoms with Crippen molar-refractivity contribution in [2.75, 3.05) is 19.6 Å². The van der Waals surface area contributed by atoms with Gasteiger partial charge in [-0.05, 0) is 120 Å². The number of halogens is 1. The highest BCUT2D eigenvalue weighted by Gasteiger charge is 2.44. The van der Waals surface area contributed by atoms with Gasteiger partial charge < -0.3 is 9.47 Å². The first-order chi connectivity index (χ1) is 23.4. The van der Waals surface area contributed by atoms with E-state index in [0.29, 0.717) is 31.2 Å². The van der Waals surface area contributed by atoms with Crippen LogP contribution in [0.25, 0.3) is 11.0 Å². The van der Waals surface area contributed by atoms with Crippen LogP contribution in [-0.4, -0.2) is 71.4 Å². The Labute approximate surface area is 295 Å². The fourth-order valence-corrected chi connectivity index (χ4v) is 10.4. The monoisotopic (exact) mass is 701 g/mol. The highest BCUT2D eigenvalue weighted by Crippen LogP contribution is 2.45. The van der Waals surface area contributed by atoms with Crippen molar-refractivity contribution in [2.24, 2.45) is 0 Å². The smallest absolute Gasteiger partial charge is 0.255 e. The van der Waals surface area contributed by atoms with Crippen LogP contribution in [0.2, 0.25) is 5.02 Å². The Morgan fingerprint density at radius 1 is 0.959 bits per heavy atom. The summed E-state index contributed by atoms with van der Waals surface area (Å²) in [5, 5.41) is 0.266. The van der Waals surface area contributed by atoms with Gasteiger partial charge in [-0.1, -0.05) is 53.6 Å². The van der Waals surface area contributed by atoms with Crippen molar-refractivity contribution < 1.29 is 13.2 Å². The normalized spacial score (nSPS) is 22.7. The molecule has 3 saturated heterocycles. The molecule has 4 heterocycles. The van der Waals surface area contributed by atoms with Crippen LogP contribution in [-0.2, 0) is 15.4 Å². The minimum Gasteiger partial charge on any atom is -0.339 e. The number of carbonyl (C=O) groups excluding carboxylic acids is 1. The summed E-state index contributed by atoms with van der Waals surface area (Å²) in [6, 6.07) is 23.2. The van der Waals surface area contributed by atoms with Crippen molar-refractivity contribution in [1.82, 2.24) is 24.1 Å². The molecule has 10 heteroatoms. The van der Waals surface area contributed by atoms with Gasteiger partial charge in [-0.2, -0.15) is 0 Å². The van der Waals surface area contributed by atoms with E-state index in [1.54, 1.807) is 13.8 Å². The van der Waals surface area contributed by atoms with Crippen LogP contribution >= 0.6 is 11.6 Å². The second kappa shape index (κ2) is 13.5. The van der Waals surface area contributed by atoms with Gasteiger partial charge in [-0.3, -0.25) is 9.69 Å². The molecule has 49 heavy (non-hydrogen) atoms. The Morgan fingerprint density at radius 2 is 1.67 bits per heavy atom. The van der Waals surface area contributed by atoms with E-state index in [0.717, 1.165) is 50.0 Å². The molecule has 260 valence electrons. The van der Waals surface area contributed by atoms with Crippen LogP contribution in [0.3, 0.4) is 0 Å². The molecular weight excluding hydrogens is 654 g/mol. The summed E-state index contributed by atoms with van der Waals surface area (Å²) in [6.45, 7) is 10.1. The standard InChI is InChI=1S/C39H48ClN5O3S/c1-26(2)42-49(47,48)33-14-15-35(40)34(25-33)38(46)43-19-16-39(17-20-43,29-9-7-8-27(3)22-29)18-21-44-30-12-13-31(44)24-32(23-30)45-28(4)41-36-10-5-6-11-37(36)45/h5-11,14-15,22,25-26,30-32,42H,12-13,16-21,23-24H2,1-4H3/t30-,31+,32?. The molecule has 3 atom stereocenters. The molecule has 1 aromatic heterocycles. The van der Waals surface area contributed by atoms with E-state index in [1.165, 1.54) is 47.7 Å². The molecule has 1 N–H and O–H groups in total. The predicted octanol–water partition coefficient (Wildman–Crippen LogP) is 7.43. The summed E-state index contributed by atoms with van der Waals surface area (Å²) >= 11 is 6.51. The molecule has 2 bridgehead atoms. The van der Waals surface area contributed by atoms with E-state index in [-0.39, 0.29) is 32.8 Å². The van der Waals surface area contributed by atoms with E-state index < -0.39 is 10.0 Å². The van der Waals surface area contributed by atoms with Crippen LogP contribution in [0.5, 0.6) is 0 Å². The molecule has 0 spiro atoms. The van der Waals surface area contributed by atoms with Gasteiger partial charge in [-0.25, -0.2) is 18.1 Å². The molecule has 3 aromatic carbocycles. The van der Waals surface area contributed by atoms with Crippen molar-refractivity contribution in [3.63, 3.8) is 0 Å². The molecule has 1 amide bonds. The topological polar surface area (TPSA) is 87.5 Å². The van der Waals surface area contributed by atoms with Gasteiger partial charge >= 0.3 is 0 Å². The summed E-state index contributed by atoms with van der Waals surface area (Å²) in [5.41, 5.74) is 5.12. The largest absolute Gasteiger partial charge is 0.339 e. The fourth-order valence-electron chi connectivity index (χ4n) is 8.97. The van der Waals surface area contributed by atoms with Gasteiger partial charge in [0.15, 0.2) is 0 Å². The number of nitrogens with zero attached hydrogens (tertiary/aromatic N) is 4. The van der Waals surface area contributed by atoms with E-state index >= 15 is 0 Å². The number of hydrogen-bond acceptors (Lipinski definition) is 5. The van der Waals surface area contributed by atoms with Gasteiger partial charge in [0.1, 0.15) is 5.82 Å². The van der Waals surface area contributed by atoms with Crippen molar-refractivity contribution in [3.8, 4) is 0 Å². The van der Waals surface area contributed by atoms with Crippen LogP contribution in [0.1, 0.15) is 92.1 Å². The first kappa shape index (κ1) is 34.2. The zero-order valence-corrected chi connectivity index (χ0v) is 30.6. The molecule has 3 aliphatic heterocycles. The highest BCUT2D eigenvalue weighted by molar-refractivity contribution is 7.89. The SMILES string of the molecule is Cc1cccc(C2(CCN3[C@@H]4CC[C@H]3CC(n3c(C)nc5ccccc53)C4)CCN(C(=O)c3cc(S(=O)(=O)NC(C)C)ccc3Cl)CC2)c1. The molecule has 0 saturated carbocycles. The summed E-state index contributed by atoms with van der Waals surface area (Å²) in [6.07, 6.45) is 7.53. The number of imidazole rings is 1. The van der Waals surface area contributed by atoms with Gasteiger partial charge in [0.25, 0.3) is 5.91 Å². The van der Waals surface area contributed by atoms with E-state index in [1.807, 2.05) is 4.90 Å². The fraction of sp³-hybridized carbons (Fsp3) is 0.487. The minimum absolute atomic E-state index is 0.0492. The van der Waals surface area contributed by atoms with Crippen molar-refractivity contribution in [2.45, 2.75) is 107 Å². The minimum atomic E-state index is -3.76. The Morgan fingerprint density at radius 3 is 2.37 bits per heavy atom. The number of carbonyl (C=O) groups is 1. The van der Waals surface area contributed by atoms with Crippen molar-refractivity contribution >= 4 is 38.6 Å². The molecule has 0 radical (unpaired) electrons. The van der Waals surface area contributed by atoms with Crippen molar-refractivity contribution in [1.29, 1.82) is 0 Å². The Balaban J connectivity index is 1.08. The first-order valence-corrected chi connectivity index (χ1v) is 19.7. The number of nitrogens with one attached hydrogen (secondary N) is 1. The first-order valence-electron chi connectivity index (χ1n) is 17.8. The average Bonchev–Trinajstić information content (AvgIpc) is 3.53. The number of likely N-dealkylation sites (tertiary alicyclic amines) is 1. The molecule has 0 aliphatic carbocycles. The third kappa shape index (κ3) is 6.67. The maximum atomic E-state index is 13.9. The highest BCUT2D eigenvalue weighted by atomic mass is 35.5. The van der Waals surface area contributed by atoms with E-state index in [4.69, 9.17) is 16.6 Å². The molecule has 7 rings (SSSR count). The zero-order valence-electron chi connectivity index (χ0n) is 29.0. The summed E-state index contributed by atoms with van der Waals surface area (Å²) in [7, 11) is -3.76. The second-order valence-corrected chi connectivity index (χ2v) is 17.0.